The van der Waals surface area contributed by atoms with Gasteiger partial charge in [-0.1, -0.05) is 0 Å². The van der Waals surface area contributed by atoms with E-state index in [0.29, 0.717) is 0 Å². The van der Waals surface area contributed by atoms with E-state index < -0.39 is 44.9 Å². The average molecular weight is 292 g/mol. The third-order valence-corrected chi connectivity index (χ3v) is 6.31. The zero-order valence-electron chi connectivity index (χ0n) is 8.12. The van der Waals surface area contributed by atoms with Crippen molar-refractivity contribution in [1.29, 1.82) is 0 Å². The lowest BCUT2D eigenvalue weighted by molar-refractivity contribution is -0.139. The smallest absolute Gasteiger partial charge is 0.355 e. The molecule has 0 aliphatic heterocycles. The van der Waals surface area contributed by atoms with E-state index in [4.69, 9.17) is 29.8 Å². The minimum atomic E-state index is -5.77. The van der Waals surface area contributed by atoms with Crippen molar-refractivity contribution in [3.8, 4) is 0 Å². The predicted octanol–water partition coefficient (Wildman–Crippen LogP) is -1.01. The van der Waals surface area contributed by atoms with Gasteiger partial charge in [-0.2, -0.15) is 0 Å². The van der Waals surface area contributed by atoms with Crippen molar-refractivity contribution in [3.63, 3.8) is 0 Å². The molecule has 0 atom stereocenters. The van der Waals surface area contributed by atoms with Crippen molar-refractivity contribution < 1.29 is 48.5 Å². The van der Waals surface area contributed by atoms with Gasteiger partial charge in [0.15, 0.2) is 0 Å². The molecule has 0 unspecified atom stereocenters. The van der Waals surface area contributed by atoms with E-state index in [1.807, 2.05) is 0 Å². The molecule has 10 nitrogen and oxygen atoms in total. The topological polar surface area (TPSA) is 190 Å². The molecular formula is C5H10O10P2. The van der Waals surface area contributed by atoms with E-state index in [-0.39, 0.29) is 0 Å². The number of rotatable bonds is 6. The maximum atomic E-state index is 11.0. The monoisotopic (exact) mass is 292 g/mol. The third kappa shape index (κ3) is 3.12. The van der Waals surface area contributed by atoms with E-state index >= 15 is 0 Å². The fourth-order valence-electron chi connectivity index (χ4n) is 1.10. The minimum Gasteiger partial charge on any atom is -0.481 e. The van der Waals surface area contributed by atoms with Crippen LogP contribution in [0.25, 0.3) is 0 Å². The van der Waals surface area contributed by atoms with Gasteiger partial charge in [0.2, 0.25) is 0 Å². The Morgan fingerprint density at radius 1 is 0.941 bits per heavy atom. The van der Waals surface area contributed by atoms with Crippen LogP contribution >= 0.6 is 15.2 Å². The lowest BCUT2D eigenvalue weighted by Crippen LogP contribution is -2.38. The van der Waals surface area contributed by atoms with Crippen LogP contribution in [0.4, 0.5) is 0 Å². The summed E-state index contributed by atoms with van der Waals surface area (Å²) in [5.41, 5.74) is 0. The molecule has 0 spiro atoms. The average Bonchev–Trinajstić information content (AvgIpc) is 1.97. The predicted molar refractivity (Wildman–Crippen MR) is 51.3 cm³/mol. The Kier molecular flexibility index (Phi) is 4.63. The van der Waals surface area contributed by atoms with Crippen LogP contribution in [-0.4, -0.2) is 46.6 Å². The Hall–Kier alpha value is -0.760. The highest BCUT2D eigenvalue weighted by Crippen LogP contribution is 2.70. The maximum absolute atomic E-state index is 11.0. The summed E-state index contributed by atoms with van der Waals surface area (Å²) < 4.78 is 22.0. The highest BCUT2D eigenvalue weighted by atomic mass is 31.2. The van der Waals surface area contributed by atoms with Crippen molar-refractivity contribution in [2.45, 2.75) is 17.7 Å². The van der Waals surface area contributed by atoms with Crippen LogP contribution in [0, 0.1) is 0 Å². The van der Waals surface area contributed by atoms with Gasteiger partial charge in [-0.05, 0) is 6.42 Å². The summed E-state index contributed by atoms with van der Waals surface area (Å²) in [7, 11) is -11.5. The lowest BCUT2D eigenvalue weighted by atomic mass is 10.2. The maximum Gasteiger partial charge on any atom is 0.355 e. The van der Waals surface area contributed by atoms with E-state index in [1.165, 1.54) is 0 Å². The van der Waals surface area contributed by atoms with Gasteiger partial charge in [-0.3, -0.25) is 18.7 Å². The van der Waals surface area contributed by atoms with Gasteiger partial charge in [-0.25, -0.2) is 0 Å². The number of carboxylic acid groups (broad SMARTS) is 2. The highest BCUT2D eigenvalue weighted by Gasteiger charge is 2.66. The van der Waals surface area contributed by atoms with Crippen LogP contribution in [0.1, 0.15) is 12.8 Å². The van der Waals surface area contributed by atoms with Crippen LogP contribution in [0.2, 0.25) is 0 Å². The molecule has 6 N–H and O–H groups in total. The molecule has 0 aromatic rings. The molecule has 0 radical (unpaired) electrons. The molecule has 0 amide bonds. The first kappa shape index (κ1) is 16.2. The summed E-state index contributed by atoms with van der Waals surface area (Å²) in [5.74, 6) is -4.09. The second kappa shape index (κ2) is 4.85. The Bertz CT molecular complexity index is 392. The lowest BCUT2D eigenvalue weighted by Gasteiger charge is -2.29. The number of hydrogen-bond donors (Lipinski definition) is 6. The van der Waals surface area contributed by atoms with Crippen LogP contribution in [0.15, 0.2) is 0 Å². The Labute approximate surface area is 94.2 Å². The fourth-order valence-corrected chi connectivity index (χ4v) is 3.76. The quantitative estimate of drug-likeness (QED) is 0.330. The van der Waals surface area contributed by atoms with Gasteiger partial charge in [0.25, 0.3) is 4.90 Å². The molecule has 0 aliphatic carbocycles. The summed E-state index contributed by atoms with van der Waals surface area (Å²) >= 11 is 0. The largest absolute Gasteiger partial charge is 0.481 e. The zero-order chi connectivity index (χ0) is 14.1. The fraction of sp³-hybridized carbons (Fsp3) is 0.600. The molecule has 12 heteroatoms. The van der Waals surface area contributed by atoms with Crippen molar-refractivity contribution in [2.75, 3.05) is 0 Å². The molecular weight excluding hydrogens is 282 g/mol. The number of carbonyl (C=O) groups is 2. The first-order chi connectivity index (χ1) is 7.36. The number of aliphatic carboxylic acids is 2. The molecule has 0 saturated heterocycles. The van der Waals surface area contributed by atoms with E-state index in [1.54, 1.807) is 0 Å². The van der Waals surface area contributed by atoms with E-state index in [2.05, 4.69) is 0 Å². The molecule has 0 aliphatic rings. The molecule has 0 fully saturated rings. The summed E-state index contributed by atoms with van der Waals surface area (Å²) in [6.45, 7) is 0. The molecule has 0 aromatic heterocycles. The zero-order valence-corrected chi connectivity index (χ0v) is 9.91. The first-order valence-corrected chi connectivity index (χ1v) is 7.15. The highest BCUT2D eigenvalue weighted by molar-refractivity contribution is 7.74. The van der Waals surface area contributed by atoms with Crippen LogP contribution in [-0.2, 0) is 18.7 Å². The minimum absolute atomic E-state index is 1.11. The summed E-state index contributed by atoms with van der Waals surface area (Å²) in [5, 5.41) is 16.9. The van der Waals surface area contributed by atoms with Crippen molar-refractivity contribution in [2.24, 2.45) is 0 Å². The summed E-state index contributed by atoms with van der Waals surface area (Å²) in [4.78, 5) is 52.4. The molecule has 17 heavy (non-hydrogen) atoms. The van der Waals surface area contributed by atoms with E-state index in [0.717, 1.165) is 0 Å². The standard InChI is InChI=1S/C5H10O10P2/c6-3(7)1-2-5(4(8)9,16(10,11)12)17(13,14)15/h1-2H2,(H,6,7)(H,8,9)(H2,10,11,12)(H2,13,14,15). The molecule has 0 saturated carbocycles. The van der Waals surface area contributed by atoms with Gasteiger partial charge in [0.1, 0.15) is 0 Å². The second-order valence-electron chi connectivity index (χ2n) is 3.10. The second-order valence-corrected chi connectivity index (χ2v) is 7.16. The first-order valence-electron chi connectivity index (χ1n) is 3.92. The number of hydrogen-bond acceptors (Lipinski definition) is 4. The molecule has 0 rings (SSSR count). The van der Waals surface area contributed by atoms with Crippen LogP contribution < -0.4 is 0 Å². The Morgan fingerprint density at radius 3 is 1.47 bits per heavy atom. The van der Waals surface area contributed by atoms with Crippen LogP contribution in [0.3, 0.4) is 0 Å². The van der Waals surface area contributed by atoms with Crippen LogP contribution in [0.5, 0.6) is 0 Å². The van der Waals surface area contributed by atoms with Crippen molar-refractivity contribution in [3.05, 3.63) is 0 Å². The van der Waals surface area contributed by atoms with Crippen molar-refractivity contribution in [1.82, 2.24) is 0 Å². The van der Waals surface area contributed by atoms with Gasteiger partial charge < -0.3 is 29.8 Å². The SMILES string of the molecule is O=C(O)CCC(C(=O)O)(P(=O)(O)O)P(=O)(O)O. The van der Waals surface area contributed by atoms with Gasteiger partial charge in [-0.15, -0.1) is 0 Å². The van der Waals surface area contributed by atoms with Crippen molar-refractivity contribution >= 4 is 27.1 Å². The normalized spacial score (nSPS) is 13.4. The molecule has 100 valence electrons. The molecule has 0 aromatic carbocycles. The van der Waals surface area contributed by atoms with Gasteiger partial charge in [0, 0.05) is 6.42 Å². The van der Waals surface area contributed by atoms with Gasteiger partial charge >= 0.3 is 27.1 Å². The van der Waals surface area contributed by atoms with Gasteiger partial charge in [0.05, 0.1) is 0 Å². The molecule has 0 heterocycles. The Morgan fingerprint density at radius 2 is 1.29 bits per heavy atom. The molecule has 0 bridgehead atoms. The van der Waals surface area contributed by atoms with E-state index in [9.17, 15) is 18.7 Å². The summed E-state index contributed by atoms with van der Waals surface area (Å²) in [6.07, 6.45) is -2.49. The Balaban J connectivity index is 5.79. The summed E-state index contributed by atoms with van der Waals surface area (Å²) in [6, 6.07) is 0. The third-order valence-electron chi connectivity index (χ3n) is 1.99. The number of carboxylic acids is 2.